The van der Waals surface area contributed by atoms with Gasteiger partial charge in [0, 0.05) is 36.6 Å². The number of carbonyl (C=O) groups excluding carboxylic acids is 1. The van der Waals surface area contributed by atoms with Crippen LogP contribution in [-0.2, 0) is 20.1 Å². The van der Waals surface area contributed by atoms with Gasteiger partial charge in [0.05, 0.1) is 13.3 Å². The van der Waals surface area contributed by atoms with Crippen LogP contribution in [0.1, 0.15) is 21.8 Å². The van der Waals surface area contributed by atoms with Crippen molar-refractivity contribution in [3.8, 4) is 11.5 Å². The van der Waals surface area contributed by atoms with Gasteiger partial charge in [-0.15, -0.1) is 0 Å². The highest BCUT2D eigenvalue weighted by Gasteiger charge is 2.14. The lowest BCUT2D eigenvalue weighted by Gasteiger charge is -2.10. The Hall–Kier alpha value is -3.81. The molecule has 154 valence electrons. The molecule has 0 aliphatic carbocycles. The van der Waals surface area contributed by atoms with E-state index < -0.39 is 0 Å². The van der Waals surface area contributed by atoms with E-state index >= 15 is 0 Å². The van der Waals surface area contributed by atoms with Gasteiger partial charge < -0.3 is 19.3 Å². The number of nitrogens with zero attached hydrogens (tertiary/aromatic N) is 3. The standard InChI is InChI=1S/C22H22N4O4/c1-26-13-15(12-24-26)9-10-23-22(27)19-11-16(30-25-19)14-29-21-8-7-20(28-2)17-5-3-4-6-18(17)21/h3-8,11-13H,9-10,14H2,1-2H3,(H,23,27). The number of amides is 1. The van der Waals surface area contributed by atoms with Crippen LogP contribution in [-0.4, -0.2) is 34.5 Å². The topological polar surface area (TPSA) is 91.4 Å². The van der Waals surface area contributed by atoms with E-state index in [2.05, 4.69) is 15.6 Å². The molecule has 0 aliphatic rings. The summed E-state index contributed by atoms with van der Waals surface area (Å²) in [5.41, 5.74) is 1.28. The van der Waals surface area contributed by atoms with Crippen LogP contribution in [0, 0.1) is 0 Å². The number of carbonyl (C=O) groups is 1. The molecule has 1 amide bonds. The third kappa shape index (κ3) is 4.27. The summed E-state index contributed by atoms with van der Waals surface area (Å²) in [4.78, 5) is 12.3. The molecule has 0 radical (unpaired) electrons. The fourth-order valence-electron chi connectivity index (χ4n) is 3.20. The molecule has 4 aromatic rings. The van der Waals surface area contributed by atoms with Crippen molar-refractivity contribution in [2.45, 2.75) is 13.0 Å². The van der Waals surface area contributed by atoms with E-state index in [1.54, 1.807) is 24.1 Å². The van der Waals surface area contributed by atoms with Crippen LogP contribution in [0.4, 0.5) is 0 Å². The van der Waals surface area contributed by atoms with Crippen molar-refractivity contribution in [3.05, 3.63) is 71.9 Å². The number of aryl methyl sites for hydroxylation is 1. The molecule has 0 unspecified atom stereocenters. The highest BCUT2D eigenvalue weighted by atomic mass is 16.5. The smallest absolute Gasteiger partial charge is 0.273 e. The van der Waals surface area contributed by atoms with Gasteiger partial charge in [-0.3, -0.25) is 9.48 Å². The summed E-state index contributed by atoms with van der Waals surface area (Å²) in [6, 6.07) is 13.1. The predicted octanol–water partition coefficient (Wildman–Crippen LogP) is 3.12. The van der Waals surface area contributed by atoms with Crippen LogP contribution in [0.25, 0.3) is 10.8 Å². The van der Waals surface area contributed by atoms with Crippen LogP contribution in [0.3, 0.4) is 0 Å². The maximum atomic E-state index is 12.3. The quantitative estimate of drug-likeness (QED) is 0.483. The van der Waals surface area contributed by atoms with E-state index in [4.69, 9.17) is 14.0 Å². The molecule has 4 rings (SSSR count). The van der Waals surface area contributed by atoms with Crippen LogP contribution in [0.2, 0.25) is 0 Å². The van der Waals surface area contributed by atoms with Crippen molar-refractivity contribution in [1.29, 1.82) is 0 Å². The Balaban J connectivity index is 1.36. The zero-order chi connectivity index (χ0) is 20.9. The predicted molar refractivity (Wildman–Crippen MR) is 111 cm³/mol. The normalized spacial score (nSPS) is 10.9. The molecule has 0 fully saturated rings. The van der Waals surface area contributed by atoms with Crippen molar-refractivity contribution in [1.82, 2.24) is 20.3 Å². The first-order valence-corrected chi connectivity index (χ1v) is 9.54. The first-order chi connectivity index (χ1) is 14.6. The minimum absolute atomic E-state index is 0.159. The zero-order valence-electron chi connectivity index (χ0n) is 16.8. The van der Waals surface area contributed by atoms with Crippen molar-refractivity contribution in [3.63, 3.8) is 0 Å². The Morgan fingerprint density at radius 3 is 2.67 bits per heavy atom. The largest absolute Gasteiger partial charge is 0.496 e. The summed E-state index contributed by atoms with van der Waals surface area (Å²) in [6.45, 7) is 0.646. The number of ether oxygens (including phenoxy) is 2. The fraction of sp³-hybridized carbons (Fsp3) is 0.227. The second kappa shape index (κ2) is 8.69. The second-order valence-corrected chi connectivity index (χ2v) is 6.81. The molecule has 0 bridgehead atoms. The lowest BCUT2D eigenvalue weighted by molar-refractivity contribution is 0.0944. The third-order valence-corrected chi connectivity index (χ3v) is 4.68. The molecule has 0 aliphatic heterocycles. The number of aromatic nitrogens is 3. The molecule has 0 atom stereocenters. The molecule has 8 heteroatoms. The molecule has 8 nitrogen and oxygen atoms in total. The lowest BCUT2D eigenvalue weighted by atomic mass is 10.1. The van der Waals surface area contributed by atoms with Gasteiger partial charge in [0.1, 0.15) is 18.1 Å². The SMILES string of the molecule is COc1ccc(OCc2cc(C(=O)NCCc3cnn(C)c3)no2)c2ccccc12. The van der Waals surface area contributed by atoms with Crippen LogP contribution < -0.4 is 14.8 Å². The van der Waals surface area contributed by atoms with Gasteiger partial charge in [0.2, 0.25) is 0 Å². The van der Waals surface area contributed by atoms with Crippen molar-refractivity contribution in [2.75, 3.05) is 13.7 Å². The maximum Gasteiger partial charge on any atom is 0.273 e. The first-order valence-electron chi connectivity index (χ1n) is 9.54. The van der Waals surface area contributed by atoms with Crippen LogP contribution in [0.5, 0.6) is 11.5 Å². The molecule has 2 aromatic heterocycles. The number of methoxy groups -OCH3 is 1. The van der Waals surface area contributed by atoms with Gasteiger partial charge in [-0.05, 0) is 24.1 Å². The number of nitrogens with one attached hydrogen (secondary N) is 1. The molecule has 2 aromatic carbocycles. The van der Waals surface area contributed by atoms with E-state index in [0.717, 1.165) is 22.1 Å². The fourth-order valence-corrected chi connectivity index (χ4v) is 3.20. The van der Waals surface area contributed by atoms with Gasteiger partial charge in [0.15, 0.2) is 11.5 Å². The molecule has 0 saturated heterocycles. The average Bonchev–Trinajstić information content (AvgIpc) is 3.41. The summed E-state index contributed by atoms with van der Waals surface area (Å²) in [5.74, 6) is 1.66. The summed E-state index contributed by atoms with van der Waals surface area (Å²) < 4.78 is 18.3. The van der Waals surface area contributed by atoms with E-state index in [1.165, 1.54) is 0 Å². The maximum absolute atomic E-state index is 12.3. The highest BCUT2D eigenvalue weighted by molar-refractivity contribution is 5.93. The number of benzene rings is 2. The Kier molecular flexibility index (Phi) is 5.65. The van der Waals surface area contributed by atoms with Crippen molar-refractivity contribution >= 4 is 16.7 Å². The van der Waals surface area contributed by atoms with Gasteiger partial charge >= 0.3 is 0 Å². The Labute approximate surface area is 173 Å². The lowest BCUT2D eigenvalue weighted by Crippen LogP contribution is -2.25. The minimum atomic E-state index is -0.288. The first kappa shape index (κ1) is 19.5. The number of hydrogen-bond donors (Lipinski definition) is 1. The number of fused-ring (bicyclic) bond motifs is 1. The van der Waals surface area contributed by atoms with E-state index in [0.29, 0.717) is 24.5 Å². The number of hydrogen-bond acceptors (Lipinski definition) is 6. The highest BCUT2D eigenvalue weighted by Crippen LogP contribution is 2.33. The van der Waals surface area contributed by atoms with Gasteiger partial charge in [0.25, 0.3) is 5.91 Å². The monoisotopic (exact) mass is 406 g/mol. The van der Waals surface area contributed by atoms with Gasteiger partial charge in [-0.2, -0.15) is 5.10 Å². The van der Waals surface area contributed by atoms with Gasteiger partial charge in [-0.1, -0.05) is 29.4 Å². The molecule has 1 N–H and O–H groups in total. The Morgan fingerprint density at radius 2 is 1.93 bits per heavy atom. The number of rotatable bonds is 8. The molecule has 0 saturated carbocycles. The van der Waals surface area contributed by atoms with E-state index in [-0.39, 0.29) is 18.2 Å². The third-order valence-electron chi connectivity index (χ3n) is 4.68. The minimum Gasteiger partial charge on any atom is -0.496 e. The zero-order valence-corrected chi connectivity index (χ0v) is 16.8. The summed E-state index contributed by atoms with van der Waals surface area (Å²) in [7, 11) is 3.50. The van der Waals surface area contributed by atoms with Crippen molar-refractivity contribution < 1.29 is 18.8 Å². The van der Waals surface area contributed by atoms with Crippen molar-refractivity contribution in [2.24, 2.45) is 7.05 Å². The molecule has 0 spiro atoms. The summed E-state index contributed by atoms with van der Waals surface area (Å²) >= 11 is 0. The summed E-state index contributed by atoms with van der Waals surface area (Å²) in [5, 5.41) is 12.7. The van der Waals surface area contributed by atoms with Gasteiger partial charge in [-0.25, -0.2) is 0 Å². The molecule has 2 heterocycles. The second-order valence-electron chi connectivity index (χ2n) is 6.81. The molecular formula is C22H22N4O4. The van der Waals surface area contributed by atoms with Crippen LogP contribution in [0.15, 0.2) is 59.4 Å². The van der Waals surface area contributed by atoms with Crippen LogP contribution >= 0.6 is 0 Å². The Morgan fingerprint density at radius 1 is 1.17 bits per heavy atom. The summed E-state index contributed by atoms with van der Waals surface area (Å²) in [6.07, 6.45) is 4.39. The van der Waals surface area contributed by atoms with E-state index in [9.17, 15) is 4.79 Å². The Bertz CT molecular complexity index is 1160. The molecular weight excluding hydrogens is 384 g/mol. The van der Waals surface area contributed by atoms with E-state index in [1.807, 2.05) is 49.6 Å². The molecule has 30 heavy (non-hydrogen) atoms. The average molecular weight is 406 g/mol.